The minimum atomic E-state index is -0.768. The van der Waals surface area contributed by atoms with E-state index in [-0.39, 0.29) is 31.5 Å². The van der Waals surface area contributed by atoms with E-state index in [1.165, 1.54) is 0 Å². The Kier molecular flexibility index (Phi) is 9.45. The Morgan fingerprint density at radius 2 is 1.50 bits per heavy atom. The van der Waals surface area contributed by atoms with Crippen LogP contribution in [0.15, 0.2) is 109 Å². The molecule has 0 unspecified atom stereocenters. The average molecular weight is 510 g/mol. The van der Waals surface area contributed by atoms with Crippen molar-refractivity contribution in [3.8, 4) is 11.5 Å². The molecule has 7 nitrogen and oxygen atoms in total. The number of methoxy groups -OCH3 is 1. The SMILES string of the molecule is COc1ccc(CN(C(=O)COc2ccccc2)[C@H](Cc2ccccc2)C(=O)NCc2ccccn2)cc1. The second kappa shape index (κ2) is 13.6. The third-order valence-corrected chi connectivity index (χ3v) is 6.06. The van der Waals surface area contributed by atoms with Gasteiger partial charge in [0.2, 0.25) is 5.91 Å². The fourth-order valence-electron chi connectivity index (χ4n) is 4.02. The summed E-state index contributed by atoms with van der Waals surface area (Å²) in [5, 5.41) is 2.98. The molecule has 194 valence electrons. The van der Waals surface area contributed by atoms with Gasteiger partial charge in [-0.1, -0.05) is 66.7 Å². The summed E-state index contributed by atoms with van der Waals surface area (Å²) in [5.74, 6) is 0.747. The van der Waals surface area contributed by atoms with Crippen LogP contribution in [-0.2, 0) is 29.1 Å². The molecule has 0 aliphatic carbocycles. The summed E-state index contributed by atoms with van der Waals surface area (Å²) in [4.78, 5) is 33.2. The number of carbonyl (C=O) groups excluding carboxylic acids is 2. The molecule has 0 aliphatic heterocycles. The lowest BCUT2D eigenvalue weighted by Gasteiger charge is -2.31. The molecule has 0 saturated heterocycles. The summed E-state index contributed by atoms with van der Waals surface area (Å²) >= 11 is 0. The first kappa shape index (κ1) is 26.4. The number of hydrogen-bond acceptors (Lipinski definition) is 5. The number of amides is 2. The van der Waals surface area contributed by atoms with E-state index in [9.17, 15) is 9.59 Å². The maximum Gasteiger partial charge on any atom is 0.261 e. The molecule has 1 aromatic heterocycles. The van der Waals surface area contributed by atoms with Crippen molar-refractivity contribution >= 4 is 11.8 Å². The van der Waals surface area contributed by atoms with Crippen LogP contribution in [0, 0.1) is 0 Å². The molecular formula is C31H31N3O4. The Hall–Kier alpha value is -4.65. The number of para-hydroxylation sites is 1. The first-order chi connectivity index (χ1) is 18.6. The van der Waals surface area contributed by atoms with Crippen molar-refractivity contribution in [2.75, 3.05) is 13.7 Å². The van der Waals surface area contributed by atoms with Crippen LogP contribution in [-0.4, -0.2) is 41.5 Å². The van der Waals surface area contributed by atoms with Gasteiger partial charge >= 0.3 is 0 Å². The van der Waals surface area contributed by atoms with E-state index in [0.29, 0.717) is 17.9 Å². The number of aromatic nitrogens is 1. The van der Waals surface area contributed by atoms with Crippen molar-refractivity contribution in [2.45, 2.75) is 25.6 Å². The highest BCUT2D eigenvalue weighted by molar-refractivity contribution is 5.88. The van der Waals surface area contributed by atoms with Gasteiger partial charge in [-0.2, -0.15) is 0 Å². The van der Waals surface area contributed by atoms with Gasteiger partial charge in [-0.15, -0.1) is 0 Å². The zero-order valence-corrected chi connectivity index (χ0v) is 21.3. The largest absolute Gasteiger partial charge is 0.497 e. The van der Waals surface area contributed by atoms with Crippen LogP contribution in [0.25, 0.3) is 0 Å². The van der Waals surface area contributed by atoms with Gasteiger partial charge in [-0.05, 0) is 47.5 Å². The first-order valence-corrected chi connectivity index (χ1v) is 12.4. The number of rotatable bonds is 12. The highest BCUT2D eigenvalue weighted by Gasteiger charge is 2.30. The van der Waals surface area contributed by atoms with Gasteiger partial charge < -0.3 is 19.7 Å². The van der Waals surface area contributed by atoms with Gasteiger partial charge in [0.05, 0.1) is 19.3 Å². The summed E-state index contributed by atoms with van der Waals surface area (Å²) in [6, 6.07) is 31.1. The van der Waals surface area contributed by atoms with E-state index >= 15 is 0 Å². The van der Waals surface area contributed by atoms with Crippen LogP contribution in [0.4, 0.5) is 0 Å². The zero-order valence-electron chi connectivity index (χ0n) is 21.3. The molecule has 0 saturated carbocycles. The number of carbonyl (C=O) groups is 2. The van der Waals surface area contributed by atoms with E-state index in [0.717, 1.165) is 16.8 Å². The van der Waals surface area contributed by atoms with Crippen molar-refractivity contribution in [3.63, 3.8) is 0 Å². The zero-order chi connectivity index (χ0) is 26.6. The Labute approximate surface area is 223 Å². The number of pyridine rings is 1. The van der Waals surface area contributed by atoms with Gasteiger partial charge in [-0.25, -0.2) is 0 Å². The van der Waals surface area contributed by atoms with Gasteiger partial charge in [0.1, 0.15) is 17.5 Å². The Morgan fingerprint density at radius 1 is 0.816 bits per heavy atom. The molecular weight excluding hydrogens is 478 g/mol. The molecule has 4 rings (SSSR count). The molecule has 3 aromatic carbocycles. The van der Waals surface area contributed by atoms with Crippen LogP contribution >= 0.6 is 0 Å². The second-order valence-electron chi connectivity index (χ2n) is 8.72. The van der Waals surface area contributed by atoms with E-state index in [4.69, 9.17) is 9.47 Å². The Balaban J connectivity index is 1.60. The molecule has 0 radical (unpaired) electrons. The average Bonchev–Trinajstić information content (AvgIpc) is 2.98. The molecule has 0 spiro atoms. The topological polar surface area (TPSA) is 80.8 Å². The summed E-state index contributed by atoms with van der Waals surface area (Å²) in [7, 11) is 1.60. The highest BCUT2D eigenvalue weighted by Crippen LogP contribution is 2.18. The van der Waals surface area contributed by atoms with Crippen molar-refractivity contribution in [1.82, 2.24) is 15.2 Å². The molecule has 4 aromatic rings. The minimum Gasteiger partial charge on any atom is -0.497 e. The van der Waals surface area contributed by atoms with Gasteiger partial charge in [-0.3, -0.25) is 14.6 Å². The van der Waals surface area contributed by atoms with Crippen molar-refractivity contribution in [2.24, 2.45) is 0 Å². The predicted molar refractivity (Wildman–Crippen MR) is 145 cm³/mol. The molecule has 38 heavy (non-hydrogen) atoms. The number of benzene rings is 3. The van der Waals surface area contributed by atoms with Crippen LogP contribution in [0.5, 0.6) is 11.5 Å². The molecule has 2 amide bonds. The van der Waals surface area contributed by atoms with Crippen LogP contribution in [0.1, 0.15) is 16.8 Å². The summed E-state index contributed by atoms with van der Waals surface area (Å²) < 4.78 is 11.1. The smallest absolute Gasteiger partial charge is 0.261 e. The van der Waals surface area contributed by atoms with Crippen molar-refractivity contribution in [1.29, 1.82) is 0 Å². The number of hydrogen-bond donors (Lipinski definition) is 1. The van der Waals surface area contributed by atoms with E-state index < -0.39 is 6.04 Å². The van der Waals surface area contributed by atoms with Crippen LogP contribution < -0.4 is 14.8 Å². The number of nitrogens with one attached hydrogen (secondary N) is 1. The van der Waals surface area contributed by atoms with Crippen LogP contribution in [0.3, 0.4) is 0 Å². The summed E-state index contributed by atoms with van der Waals surface area (Å²) in [6.07, 6.45) is 2.03. The quantitative estimate of drug-likeness (QED) is 0.306. The normalized spacial score (nSPS) is 11.3. The molecule has 1 heterocycles. The molecule has 0 aliphatic rings. The molecule has 1 N–H and O–H groups in total. The maximum atomic E-state index is 13.6. The van der Waals surface area contributed by atoms with Crippen molar-refractivity contribution < 1.29 is 19.1 Å². The van der Waals surface area contributed by atoms with Gasteiger partial charge in [0.15, 0.2) is 6.61 Å². The number of ether oxygens (including phenoxy) is 2. The lowest BCUT2D eigenvalue weighted by atomic mass is 10.0. The maximum absolute atomic E-state index is 13.6. The van der Waals surface area contributed by atoms with E-state index in [1.54, 1.807) is 30.3 Å². The lowest BCUT2D eigenvalue weighted by Crippen LogP contribution is -2.51. The lowest BCUT2D eigenvalue weighted by molar-refractivity contribution is -0.142. The molecule has 1 atom stereocenters. The molecule has 0 bridgehead atoms. The fourth-order valence-corrected chi connectivity index (χ4v) is 4.02. The summed E-state index contributed by atoms with van der Waals surface area (Å²) in [5.41, 5.74) is 2.55. The van der Waals surface area contributed by atoms with E-state index in [1.807, 2.05) is 91.0 Å². The molecule has 0 fully saturated rings. The number of nitrogens with zero attached hydrogens (tertiary/aromatic N) is 2. The molecule has 7 heteroatoms. The third kappa shape index (κ3) is 7.67. The minimum absolute atomic E-state index is 0.195. The fraction of sp³-hybridized carbons (Fsp3) is 0.194. The van der Waals surface area contributed by atoms with Gasteiger partial charge in [0, 0.05) is 19.2 Å². The monoisotopic (exact) mass is 509 g/mol. The van der Waals surface area contributed by atoms with Gasteiger partial charge in [0.25, 0.3) is 5.91 Å². The first-order valence-electron chi connectivity index (χ1n) is 12.4. The standard InChI is InChI=1S/C31H31N3O4/c1-37-27-17-15-25(16-18-27)22-34(30(35)23-38-28-13-6-3-7-14-28)29(20-24-10-4-2-5-11-24)31(36)33-21-26-12-8-9-19-32-26/h2-19,29H,20-23H2,1H3,(H,33,36)/t29-/m1/s1. The Bertz CT molecular complexity index is 1280. The van der Waals surface area contributed by atoms with Crippen LogP contribution in [0.2, 0.25) is 0 Å². The highest BCUT2D eigenvalue weighted by atomic mass is 16.5. The predicted octanol–water partition coefficient (Wildman–Crippen LogP) is 4.43. The third-order valence-electron chi connectivity index (χ3n) is 6.06. The van der Waals surface area contributed by atoms with Crippen molar-refractivity contribution in [3.05, 3.63) is 126 Å². The summed E-state index contributed by atoms with van der Waals surface area (Å²) in [6.45, 7) is 0.296. The van der Waals surface area contributed by atoms with E-state index in [2.05, 4.69) is 10.3 Å². The second-order valence-corrected chi connectivity index (χ2v) is 8.72. The Morgan fingerprint density at radius 3 is 2.16 bits per heavy atom.